The van der Waals surface area contributed by atoms with Crippen LogP contribution in [0.3, 0.4) is 0 Å². The van der Waals surface area contributed by atoms with E-state index < -0.39 is 79.9 Å². The van der Waals surface area contributed by atoms with E-state index in [-0.39, 0.29) is 64.1 Å². The van der Waals surface area contributed by atoms with Gasteiger partial charge < -0.3 is 58.4 Å². The lowest BCUT2D eigenvalue weighted by Gasteiger charge is -2.30. The van der Waals surface area contributed by atoms with Crippen LogP contribution in [-0.2, 0) is 55.1 Å². The van der Waals surface area contributed by atoms with E-state index >= 15 is 4.57 Å². The normalized spacial score (nSPS) is 24.0. The van der Waals surface area contributed by atoms with Gasteiger partial charge in [0.2, 0.25) is 0 Å². The number of benzene rings is 2. The van der Waals surface area contributed by atoms with E-state index in [2.05, 4.69) is 44.2 Å². The quantitative estimate of drug-likeness (QED) is 0.0312. The van der Waals surface area contributed by atoms with Crippen LogP contribution in [-0.4, -0.2) is 107 Å². The van der Waals surface area contributed by atoms with Gasteiger partial charge in [-0.15, -0.1) is 0 Å². The van der Waals surface area contributed by atoms with Crippen molar-refractivity contribution in [2.24, 2.45) is 0 Å². The van der Waals surface area contributed by atoms with Crippen molar-refractivity contribution in [3.05, 3.63) is 130 Å². The second-order valence-electron chi connectivity index (χ2n) is 24.5. The molecule has 9 atom stereocenters. The zero-order valence-corrected chi connectivity index (χ0v) is 54.4. The maximum Gasteiger partial charge on any atom is 0.587 e. The molecule has 0 saturated carbocycles. The van der Waals surface area contributed by atoms with E-state index in [1.165, 1.54) is 88.4 Å². The Kier molecular flexibility index (Phi) is 20.3. The van der Waals surface area contributed by atoms with Crippen molar-refractivity contribution >= 4 is 53.7 Å². The van der Waals surface area contributed by atoms with E-state index in [0.717, 1.165) is 25.7 Å². The van der Waals surface area contributed by atoms with Crippen LogP contribution in [0.5, 0.6) is 17.2 Å². The van der Waals surface area contributed by atoms with Crippen LogP contribution in [0.1, 0.15) is 152 Å². The molecule has 2 aromatic carbocycles. The first kappa shape index (κ1) is 66.3. The van der Waals surface area contributed by atoms with Crippen LogP contribution >= 0.6 is 31.0 Å². The summed E-state index contributed by atoms with van der Waals surface area (Å²) in [5, 5.41) is 40.7. The van der Waals surface area contributed by atoms with Crippen molar-refractivity contribution in [3.8, 4) is 35.5 Å². The minimum Gasteiger partial charge on any atom is -0.484 e. The SMILES string of the molecule is CCCCCCCCCCCCCCOC[C@H](COP(=O)(Oc1cccc(C[C@]2(C#N)O[C@H](c3ccc4c(N)ncnn34)[C@H]3OC(C)(C)O[C@H]32)c1Cl)Oc1cccc(C[C@]2(C#N)O[C@H](c3ccc4c(N)ncnn34)[C@H]3OC(C)(C)O[C@H]32)c1Cl)Oc1ccc(C#N)nc1. The number of pyridine rings is 1. The number of nitrogens with two attached hydrogens (primary N) is 2. The van der Waals surface area contributed by atoms with Crippen LogP contribution in [0, 0.1) is 34.0 Å². The zero-order valence-electron chi connectivity index (χ0n) is 52.0. The maximum atomic E-state index is 15.9. The molecule has 4 saturated heterocycles. The van der Waals surface area contributed by atoms with E-state index in [1.807, 2.05) is 6.07 Å². The van der Waals surface area contributed by atoms with E-state index in [1.54, 1.807) is 91.3 Å². The fraction of sp³-hybridized carbons (Fsp3) is 0.508. The number of halogens is 2. The number of unbranched alkanes of at least 4 members (excludes halogenated alkanes) is 11. The molecule has 92 heavy (non-hydrogen) atoms. The molecule has 0 amide bonds. The number of ether oxygens (including phenoxy) is 8. The van der Waals surface area contributed by atoms with E-state index in [9.17, 15) is 15.8 Å². The van der Waals surface area contributed by atoms with Crippen LogP contribution in [0.15, 0.2) is 91.6 Å². The summed E-state index contributed by atoms with van der Waals surface area (Å²) in [5.41, 5.74) is 11.9. The number of phosphoric ester groups is 1. The average Bonchev–Trinajstić information content (AvgIpc) is 1.50. The summed E-state index contributed by atoms with van der Waals surface area (Å²) in [7, 11) is -5.03. The van der Waals surface area contributed by atoms with Crippen molar-refractivity contribution in [2.75, 3.05) is 31.3 Å². The van der Waals surface area contributed by atoms with Crippen LogP contribution in [0.25, 0.3) is 11.0 Å². The van der Waals surface area contributed by atoms with Crippen molar-refractivity contribution in [3.63, 3.8) is 0 Å². The van der Waals surface area contributed by atoms with Crippen molar-refractivity contribution < 1.29 is 56.0 Å². The fourth-order valence-corrected chi connectivity index (χ4v) is 14.4. The van der Waals surface area contributed by atoms with Crippen LogP contribution < -0.4 is 25.3 Å². The molecule has 27 heteroatoms. The van der Waals surface area contributed by atoms with Gasteiger partial charge in [0, 0.05) is 19.4 Å². The Bertz CT molecular complexity index is 3730. The Balaban J connectivity index is 0.872. The third-order valence-corrected chi connectivity index (χ3v) is 19.0. The minimum absolute atomic E-state index is 0.0345. The molecular formula is C65H75Cl2N12O12P. The predicted molar refractivity (Wildman–Crippen MR) is 337 cm³/mol. The second kappa shape index (κ2) is 28.2. The molecule has 9 heterocycles. The van der Waals surface area contributed by atoms with Crippen molar-refractivity contribution in [1.82, 2.24) is 34.2 Å². The largest absolute Gasteiger partial charge is 0.587 e. The first-order valence-corrected chi connectivity index (χ1v) is 33.4. The smallest absolute Gasteiger partial charge is 0.484 e. The minimum atomic E-state index is -5.03. The van der Waals surface area contributed by atoms with Gasteiger partial charge >= 0.3 is 7.82 Å². The topological polar surface area (TPSA) is 315 Å². The number of hydrogen-bond donors (Lipinski definition) is 2. The average molecular weight is 1320 g/mol. The Morgan fingerprint density at radius 3 is 1.57 bits per heavy atom. The second-order valence-corrected chi connectivity index (χ2v) is 26.7. The number of nitrogens with zero attached hydrogens (tertiary/aromatic N) is 10. The number of nitrogen functional groups attached to an aromatic ring is 2. The van der Waals surface area contributed by atoms with Gasteiger partial charge in [0.1, 0.15) is 103 Å². The van der Waals surface area contributed by atoms with Gasteiger partial charge in [-0.05, 0) is 93.8 Å². The molecule has 0 aliphatic carbocycles. The lowest BCUT2D eigenvalue weighted by atomic mass is 9.88. The lowest BCUT2D eigenvalue weighted by Crippen LogP contribution is -2.44. The molecule has 4 fully saturated rings. The molecule has 486 valence electrons. The van der Waals surface area contributed by atoms with Gasteiger partial charge in [-0.3, -0.25) is 4.52 Å². The molecular weight excluding hydrogens is 1240 g/mol. The first-order chi connectivity index (χ1) is 44.3. The Morgan fingerprint density at radius 1 is 0.620 bits per heavy atom. The van der Waals surface area contributed by atoms with Gasteiger partial charge in [0.05, 0.1) is 34.2 Å². The molecule has 0 bridgehead atoms. The molecule has 24 nitrogen and oxygen atoms in total. The third-order valence-electron chi connectivity index (χ3n) is 16.9. The van der Waals surface area contributed by atoms with E-state index in [0.29, 0.717) is 40.2 Å². The van der Waals surface area contributed by atoms with E-state index in [4.69, 9.17) is 86.1 Å². The summed E-state index contributed by atoms with van der Waals surface area (Å²) in [6.07, 6.45) is 11.6. The molecule has 4 aliphatic heterocycles. The Hall–Kier alpha value is -7.21. The fourth-order valence-electron chi connectivity index (χ4n) is 12.5. The van der Waals surface area contributed by atoms with Crippen molar-refractivity contribution in [1.29, 1.82) is 15.8 Å². The molecule has 11 rings (SSSR count). The van der Waals surface area contributed by atoms with Crippen molar-refractivity contribution in [2.45, 2.75) is 190 Å². The number of hydrogen-bond acceptors (Lipinski definition) is 22. The molecule has 0 spiro atoms. The van der Waals surface area contributed by atoms with Crippen LogP contribution in [0.4, 0.5) is 11.6 Å². The Labute approximate surface area is 543 Å². The number of phosphoric acid groups is 1. The molecule has 4 N–H and O–H groups in total. The molecule has 0 radical (unpaired) electrons. The number of nitriles is 3. The summed E-state index contributed by atoms with van der Waals surface area (Å²) in [4.78, 5) is 12.4. The highest BCUT2D eigenvalue weighted by Gasteiger charge is 2.66. The zero-order chi connectivity index (χ0) is 64.8. The maximum absolute atomic E-state index is 15.9. The monoisotopic (exact) mass is 1320 g/mol. The Morgan fingerprint density at radius 2 is 1.11 bits per heavy atom. The van der Waals surface area contributed by atoms with Gasteiger partial charge in [-0.2, -0.15) is 26.0 Å². The van der Waals surface area contributed by atoms with Crippen LogP contribution in [0.2, 0.25) is 10.0 Å². The number of aromatic nitrogens is 7. The van der Waals surface area contributed by atoms with Gasteiger partial charge in [-0.25, -0.2) is 28.5 Å². The van der Waals surface area contributed by atoms with Gasteiger partial charge in [-0.1, -0.05) is 125 Å². The third kappa shape index (κ3) is 14.3. The lowest BCUT2D eigenvalue weighted by molar-refractivity contribution is -0.200. The van der Waals surface area contributed by atoms with Gasteiger partial charge in [0.15, 0.2) is 45.9 Å². The first-order valence-electron chi connectivity index (χ1n) is 31.2. The predicted octanol–water partition coefficient (Wildman–Crippen LogP) is 12.5. The summed E-state index contributed by atoms with van der Waals surface area (Å²) in [6, 6.07) is 26.4. The molecule has 5 aromatic heterocycles. The number of rotatable bonds is 30. The number of fused-ring (bicyclic) bond motifs is 4. The molecule has 7 aromatic rings. The highest BCUT2D eigenvalue weighted by molar-refractivity contribution is 7.49. The number of anilines is 2. The molecule has 4 aliphatic rings. The highest BCUT2D eigenvalue weighted by Crippen LogP contribution is 2.57. The standard InChI is InChI=1S/C65H75Cl2N12O12P/c1-6-7-8-9-10-11-12-13-14-15-16-17-30-81-35-45(83-44-25-24-43(33-68)73-34-44)36-82-92(80,90-50-22-18-20-41(52(50)66)31-64(37-69)58-56(84-62(2,3)88-58)54(86-64)46-26-28-48-60(71)74-39-76-78(46)48)91-51-23-19-21-42(53(51)67)32-65(38-70)59-57(85-63(4,5)89-59)55(87-65)47-27-29-49-61(72)75-40-77-79(47)49/h18-29,34,39-40,45,54-59H,6-17,30-32,35-36H2,1-5H3,(H2,71,74,76)(H2,72,75,77)/t45-,54-,55-,56-,57-,58-,59-,64-,65-/m1/s1. The van der Waals surface area contributed by atoms with Gasteiger partial charge in [0.25, 0.3) is 0 Å². The summed E-state index contributed by atoms with van der Waals surface area (Å²) in [5.74, 6) is -1.84. The summed E-state index contributed by atoms with van der Waals surface area (Å²) in [6.45, 7) is 9.14. The summed E-state index contributed by atoms with van der Waals surface area (Å²) >= 11 is 14.7. The molecule has 0 unspecified atom stereocenters. The summed E-state index contributed by atoms with van der Waals surface area (Å²) < 4.78 is 90.2. The highest BCUT2D eigenvalue weighted by atomic mass is 35.5.